The van der Waals surface area contributed by atoms with Gasteiger partial charge >= 0.3 is 0 Å². The number of rotatable bonds is 5. The number of piperidine rings is 1. The van der Waals surface area contributed by atoms with E-state index in [1.807, 2.05) is 0 Å². The maximum Gasteiger partial charge on any atom is 0.0690 e. The van der Waals surface area contributed by atoms with Crippen LogP contribution < -0.4 is 5.32 Å². The molecule has 0 amide bonds. The van der Waals surface area contributed by atoms with Crippen molar-refractivity contribution in [2.45, 2.75) is 56.7 Å². The molecule has 5 nitrogen and oxygen atoms in total. The predicted molar refractivity (Wildman–Crippen MR) is 97.8 cm³/mol. The summed E-state index contributed by atoms with van der Waals surface area (Å²) in [5, 5.41) is 4.11. The van der Waals surface area contributed by atoms with Gasteiger partial charge in [0.05, 0.1) is 19.3 Å². The van der Waals surface area contributed by atoms with Gasteiger partial charge in [0.25, 0.3) is 0 Å². The average molecular weight is 350 g/mol. The van der Waals surface area contributed by atoms with Gasteiger partial charge in [0.2, 0.25) is 0 Å². The highest BCUT2D eigenvalue weighted by Crippen LogP contribution is 2.62. The highest BCUT2D eigenvalue weighted by atomic mass is 16.5. The van der Waals surface area contributed by atoms with Crippen molar-refractivity contribution in [3.05, 3.63) is 0 Å². The fraction of sp³-hybridized carbons (Fsp3) is 1.00. The van der Waals surface area contributed by atoms with E-state index in [9.17, 15) is 0 Å². The van der Waals surface area contributed by atoms with E-state index in [0.29, 0.717) is 11.5 Å². The molecule has 3 aliphatic heterocycles. The number of nitrogens with one attached hydrogen (secondary N) is 1. The van der Waals surface area contributed by atoms with Crippen molar-refractivity contribution in [1.82, 2.24) is 15.1 Å². The molecule has 1 spiro atoms. The molecule has 5 heteroatoms. The normalized spacial score (nSPS) is 39.1. The fourth-order valence-corrected chi connectivity index (χ4v) is 6.18. The first kappa shape index (κ1) is 16.9. The van der Waals surface area contributed by atoms with Crippen molar-refractivity contribution >= 4 is 0 Å². The van der Waals surface area contributed by atoms with E-state index >= 15 is 0 Å². The SMILES string of the molecule is C1CC2(C1)[C@H](NC1CCN(CCN3CCOCC3)CC1)[C@@H]1CCO[C@@H]12. The molecule has 5 fully saturated rings. The van der Waals surface area contributed by atoms with Crippen LogP contribution in [-0.2, 0) is 9.47 Å². The largest absolute Gasteiger partial charge is 0.379 e. The van der Waals surface area contributed by atoms with Gasteiger partial charge in [0.15, 0.2) is 0 Å². The summed E-state index contributed by atoms with van der Waals surface area (Å²) in [4.78, 5) is 5.23. The molecule has 5 aliphatic rings. The maximum absolute atomic E-state index is 6.07. The molecule has 1 N–H and O–H groups in total. The zero-order valence-electron chi connectivity index (χ0n) is 15.6. The van der Waals surface area contributed by atoms with E-state index in [2.05, 4.69) is 15.1 Å². The van der Waals surface area contributed by atoms with E-state index in [-0.39, 0.29) is 0 Å². The van der Waals surface area contributed by atoms with Crippen LogP contribution in [0.1, 0.15) is 38.5 Å². The summed E-state index contributed by atoms with van der Waals surface area (Å²) in [6, 6.07) is 1.50. The Labute approximate surface area is 152 Å². The summed E-state index contributed by atoms with van der Waals surface area (Å²) in [5.41, 5.74) is 0.536. The summed E-state index contributed by atoms with van der Waals surface area (Å²) in [5.74, 6) is 0.819. The molecular formula is C20H35N3O2. The molecule has 2 saturated carbocycles. The van der Waals surface area contributed by atoms with Crippen LogP contribution in [0.2, 0.25) is 0 Å². The minimum Gasteiger partial charge on any atom is -0.379 e. The summed E-state index contributed by atoms with van der Waals surface area (Å²) in [6.45, 7) is 10.1. The Hall–Kier alpha value is -0.200. The van der Waals surface area contributed by atoms with Gasteiger partial charge in [-0.1, -0.05) is 6.42 Å². The molecule has 142 valence electrons. The predicted octanol–water partition coefficient (Wildman–Crippen LogP) is 1.33. The molecule has 2 aliphatic carbocycles. The first-order chi connectivity index (χ1) is 12.4. The Morgan fingerprint density at radius 1 is 0.880 bits per heavy atom. The van der Waals surface area contributed by atoms with Gasteiger partial charge in [-0.3, -0.25) is 4.90 Å². The lowest BCUT2D eigenvalue weighted by molar-refractivity contribution is -0.179. The Bertz CT molecular complexity index is 456. The standard InChI is InChI=1S/C20H35N3O2/c1-5-20(6-1)18(17-4-13-25-19(17)20)21-16-2-7-22(8-3-16)9-10-23-11-14-24-15-12-23/h16-19,21H,1-15H2/t17-,18+,19-/m0/s1. The quantitative estimate of drug-likeness (QED) is 0.810. The molecule has 3 atom stereocenters. The van der Waals surface area contributed by atoms with Crippen LogP contribution in [-0.4, -0.2) is 87.1 Å². The maximum atomic E-state index is 6.07. The number of morpholine rings is 1. The molecule has 3 saturated heterocycles. The molecule has 5 rings (SSSR count). The highest BCUT2D eigenvalue weighted by molar-refractivity contribution is 5.18. The van der Waals surface area contributed by atoms with Gasteiger partial charge < -0.3 is 19.7 Å². The fourth-order valence-electron chi connectivity index (χ4n) is 6.18. The number of fused-ring (bicyclic) bond motifs is 2. The first-order valence-electron chi connectivity index (χ1n) is 10.8. The molecule has 0 bridgehead atoms. The third kappa shape index (κ3) is 3.06. The van der Waals surface area contributed by atoms with Crippen LogP contribution in [0.3, 0.4) is 0 Å². The van der Waals surface area contributed by atoms with Crippen molar-refractivity contribution in [2.75, 3.05) is 59.1 Å². The number of ether oxygens (including phenoxy) is 2. The van der Waals surface area contributed by atoms with Crippen LogP contribution in [0.15, 0.2) is 0 Å². The number of likely N-dealkylation sites (tertiary alicyclic amines) is 1. The number of hydrogen-bond acceptors (Lipinski definition) is 5. The number of hydrogen-bond donors (Lipinski definition) is 1. The third-order valence-corrected chi connectivity index (χ3v) is 7.88. The summed E-state index contributed by atoms with van der Waals surface area (Å²) < 4.78 is 11.5. The van der Waals surface area contributed by atoms with E-state index in [0.717, 1.165) is 50.9 Å². The second-order valence-electron chi connectivity index (χ2n) is 9.04. The van der Waals surface area contributed by atoms with Crippen LogP contribution in [0.25, 0.3) is 0 Å². The number of nitrogens with zero attached hydrogens (tertiary/aromatic N) is 2. The van der Waals surface area contributed by atoms with Crippen LogP contribution in [0, 0.1) is 11.3 Å². The van der Waals surface area contributed by atoms with E-state index in [4.69, 9.17) is 9.47 Å². The van der Waals surface area contributed by atoms with Crippen molar-refractivity contribution < 1.29 is 9.47 Å². The summed E-state index contributed by atoms with van der Waals surface area (Å²) >= 11 is 0. The third-order valence-electron chi connectivity index (χ3n) is 7.88. The van der Waals surface area contributed by atoms with Crippen molar-refractivity contribution in [3.63, 3.8) is 0 Å². The van der Waals surface area contributed by atoms with Crippen molar-refractivity contribution in [2.24, 2.45) is 11.3 Å². The zero-order chi connectivity index (χ0) is 16.7. The Morgan fingerprint density at radius 3 is 2.28 bits per heavy atom. The minimum atomic E-state index is 0.536. The molecular weight excluding hydrogens is 314 g/mol. The minimum absolute atomic E-state index is 0.536. The summed E-state index contributed by atoms with van der Waals surface area (Å²) in [7, 11) is 0. The van der Waals surface area contributed by atoms with Gasteiger partial charge in [-0.05, 0) is 45.2 Å². The molecule has 0 radical (unpaired) electrons. The smallest absolute Gasteiger partial charge is 0.0690 e. The molecule has 0 aromatic carbocycles. The molecule has 0 unspecified atom stereocenters. The lowest BCUT2D eigenvalue weighted by Crippen LogP contribution is -2.72. The second kappa shape index (κ2) is 7.08. The van der Waals surface area contributed by atoms with Gasteiger partial charge in [-0.15, -0.1) is 0 Å². The molecule has 3 heterocycles. The lowest BCUT2D eigenvalue weighted by Gasteiger charge is -2.64. The lowest BCUT2D eigenvalue weighted by atomic mass is 9.46. The molecule has 25 heavy (non-hydrogen) atoms. The average Bonchev–Trinajstić information content (AvgIpc) is 3.04. The van der Waals surface area contributed by atoms with Crippen molar-refractivity contribution in [3.8, 4) is 0 Å². The Morgan fingerprint density at radius 2 is 1.60 bits per heavy atom. The van der Waals surface area contributed by atoms with Gasteiger partial charge in [0.1, 0.15) is 0 Å². The second-order valence-corrected chi connectivity index (χ2v) is 9.04. The Kier molecular flexibility index (Phi) is 4.80. The van der Waals surface area contributed by atoms with Gasteiger partial charge in [-0.2, -0.15) is 0 Å². The molecule has 0 aromatic heterocycles. The van der Waals surface area contributed by atoms with Crippen molar-refractivity contribution in [1.29, 1.82) is 0 Å². The van der Waals surface area contributed by atoms with Gasteiger partial charge in [0, 0.05) is 56.2 Å². The topological polar surface area (TPSA) is 37.0 Å². The molecule has 0 aromatic rings. The zero-order valence-corrected chi connectivity index (χ0v) is 15.6. The van der Waals surface area contributed by atoms with Crippen LogP contribution in [0.5, 0.6) is 0 Å². The monoisotopic (exact) mass is 349 g/mol. The Balaban J connectivity index is 1.07. The van der Waals surface area contributed by atoms with Gasteiger partial charge in [-0.25, -0.2) is 0 Å². The van der Waals surface area contributed by atoms with Crippen LogP contribution in [0.4, 0.5) is 0 Å². The summed E-state index contributed by atoms with van der Waals surface area (Å²) in [6.07, 6.45) is 8.79. The van der Waals surface area contributed by atoms with E-state index < -0.39 is 0 Å². The van der Waals surface area contributed by atoms with E-state index in [1.54, 1.807) is 0 Å². The highest BCUT2D eigenvalue weighted by Gasteiger charge is 2.66. The first-order valence-corrected chi connectivity index (χ1v) is 10.8. The van der Waals surface area contributed by atoms with E-state index in [1.165, 1.54) is 64.7 Å². The van der Waals surface area contributed by atoms with Crippen LogP contribution >= 0.6 is 0 Å².